The number of furan rings is 1. The highest BCUT2D eigenvalue weighted by Crippen LogP contribution is 2.26. The second kappa shape index (κ2) is 8.46. The van der Waals surface area contributed by atoms with Gasteiger partial charge in [-0.1, -0.05) is 20.8 Å². The van der Waals surface area contributed by atoms with Gasteiger partial charge in [-0.05, 0) is 50.9 Å². The Bertz CT molecular complexity index is 620. The highest BCUT2D eigenvalue weighted by Gasteiger charge is 2.34. The van der Waals surface area contributed by atoms with E-state index in [2.05, 4.69) is 10.2 Å². The Kier molecular flexibility index (Phi) is 6.25. The average Bonchev–Trinajstić information content (AvgIpc) is 3.19. The third-order valence-electron chi connectivity index (χ3n) is 5.83. The van der Waals surface area contributed by atoms with Gasteiger partial charge in [0.2, 0.25) is 11.8 Å². The molecule has 0 aromatic carbocycles. The van der Waals surface area contributed by atoms with Crippen LogP contribution < -0.4 is 5.32 Å². The molecule has 0 bridgehead atoms. The number of hydrogen-bond acceptors (Lipinski definition) is 4. The predicted molar refractivity (Wildman–Crippen MR) is 104 cm³/mol. The minimum atomic E-state index is -0.297. The molecule has 0 radical (unpaired) electrons. The van der Waals surface area contributed by atoms with E-state index in [-0.39, 0.29) is 23.1 Å². The van der Waals surface area contributed by atoms with Crippen molar-refractivity contribution in [3.8, 4) is 0 Å². The van der Waals surface area contributed by atoms with Gasteiger partial charge in [-0.15, -0.1) is 0 Å². The summed E-state index contributed by atoms with van der Waals surface area (Å²) in [6, 6.07) is 4.25. The van der Waals surface area contributed by atoms with Crippen LogP contribution in [0.15, 0.2) is 22.8 Å². The lowest BCUT2D eigenvalue weighted by Crippen LogP contribution is -2.51. The van der Waals surface area contributed by atoms with Crippen molar-refractivity contribution in [1.82, 2.24) is 15.1 Å². The first-order chi connectivity index (χ1) is 12.8. The summed E-state index contributed by atoms with van der Waals surface area (Å²) in [4.78, 5) is 29.3. The van der Waals surface area contributed by atoms with E-state index >= 15 is 0 Å². The highest BCUT2D eigenvalue weighted by atomic mass is 16.3. The fourth-order valence-corrected chi connectivity index (χ4v) is 4.17. The molecule has 1 N–H and O–H groups in total. The van der Waals surface area contributed by atoms with Crippen LogP contribution in [-0.4, -0.2) is 53.8 Å². The summed E-state index contributed by atoms with van der Waals surface area (Å²) < 4.78 is 5.26. The zero-order chi connectivity index (χ0) is 19.4. The molecular weight excluding hydrogens is 342 g/mol. The van der Waals surface area contributed by atoms with Gasteiger partial charge in [0.1, 0.15) is 5.76 Å². The monoisotopic (exact) mass is 375 g/mol. The summed E-state index contributed by atoms with van der Waals surface area (Å²) in [5.41, 5.74) is -0.297. The largest absolute Gasteiger partial charge is 0.467 e. The van der Waals surface area contributed by atoms with E-state index in [0.29, 0.717) is 12.6 Å². The first-order valence-electron chi connectivity index (χ1n) is 10.2. The van der Waals surface area contributed by atoms with Crippen LogP contribution in [0.25, 0.3) is 0 Å². The van der Waals surface area contributed by atoms with E-state index in [9.17, 15) is 9.59 Å². The molecule has 1 aromatic heterocycles. The molecule has 6 heteroatoms. The number of likely N-dealkylation sites (tertiary alicyclic amines) is 2. The van der Waals surface area contributed by atoms with Gasteiger partial charge >= 0.3 is 0 Å². The second-order valence-corrected chi connectivity index (χ2v) is 8.88. The molecule has 1 aromatic rings. The maximum atomic E-state index is 12.4. The summed E-state index contributed by atoms with van der Waals surface area (Å²) in [5.74, 6) is 1.28. The topological polar surface area (TPSA) is 65.8 Å². The molecule has 0 atom stereocenters. The van der Waals surface area contributed by atoms with Gasteiger partial charge in [0.25, 0.3) is 0 Å². The van der Waals surface area contributed by atoms with Crippen molar-refractivity contribution in [1.29, 1.82) is 0 Å². The van der Waals surface area contributed by atoms with Crippen LogP contribution in [-0.2, 0) is 16.1 Å². The molecule has 0 unspecified atom stereocenters. The molecule has 2 aliphatic rings. The molecule has 3 heterocycles. The molecule has 0 spiro atoms. The number of piperidine rings is 2. The van der Waals surface area contributed by atoms with Gasteiger partial charge in [-0.3, -0.25) is 9.59 Å². The number of nitrogens with one attached hydrogen (secondary N) is 1. The number of hydrogen-bond donors (Lipinski definition) is 1. The Morgan fingerprint density at radius 1 is 1.11 bits per heavy atom. The second-order valence-electron chi connectivity index (χ2n) is 8.88. The molecule has 2 saturated heterocycles. The van der Waals surface area contributed by atoms with E-state index in [1.807, 2.05) is 37.8 Å². The van der Waals surface area contributed by atoms with E-state index in [1.165, 1.54) is 0 Å². The van der Waals surface area contributed by atoms with Gasteiger partial charge in [0.15, 0.2) is 0 Å². The van der Waals surface area contributed by atoms with Crippen molar-refractivity contribution in [3.63, 3.8) is 0 Å². The summed E-state index contributed by atoms with van der Waals surface area (Å²) in [6.07, 6.45) is 5.52. The lowest BCUT2D eigenvalue weighted by molar-refractivity contribution is -0.141. The standard InChI is InChI=1S/C21H33N3O3/c1-21(2,3)20(26)24-12-8-17(9-13-24)23-10-6-16(7-11-23)19(25)22-15-18-5-4-14-27-18/h4-5,14,16-17H,6-13,15H2,1-3H3,(H,22,25). The first-order valence-corrected chi connectivity index (χ1v) is 10.2. The van der Waals surface area contributed by atoms with Gasteiger partial charge in [0, 0.05) is 30.5 Å². The number of nitrogens with zero attached hydrogens (tertiary/aromatic N) is 2. The maximum Gasteiger partial charge on any atom is 0.227 e. The van der Waals surface area contributed by atoms with Crippen molar-refractivity contribution >= 4 is 11.8 Å². The van der Waals surface area contributed by atoms with Crippen LogP contribution in [0.1, 0.15) is 52.2 Å². The fourth-order valence-electron chi connectivity index (χ4n) is 4.17. The average molecular weight is 376 g/mol. The minimum Gasteiger partial charge on any atom is -0.467 e. The third-order valence-corrected chi connectivity index (χ3v) is 5.83. The number of carbonyl (C=O) groups excluding carboxylic acids is 2. The molecule has 2 amide bonds. The smallest absolute Gasteiger partial charge is 0.227 e. The molecule has 27 heavy (non-hydrogen) atoms. The molecule has 0 saturated carbocycles. The minimum absolute atomic E-state index is 0.0961. The first kappa shape index (κ1) is 19.9. The van der Waals surface area contributed by atoms with Crippen molar-refractivity contribution in [2.45, 2.75) is 59.0 Å². The summed E-state index contributed by atoms with van der Waals surface area (Å²) in [7, 11) is 0. The fraction of sp³-hybridized carbons (Fsp3) is 0.714. The zero-order valence-electron chi connectivity index (χ0n) is 16.9. The van der Waals surface area contributed by atoms with Crippen molar-refractivity contribution < 1.29 is 14.0 Å². The molecule has 150 valence electrons. The van der Waals surface area contributed by atoms with E-state index in [4.69, 9.17) is 4.42 Å². The predicted octanol–water partition coefficient (Wildman–Crippen LogP) is 2.64. The van der Waals surface area contributed by atoms with Crippen LogP contribution in [0.5, 0.6) is 0 Å². The van der Waals surface area contributed by atoms with Crippen LogP contribution in [0.3, 0.4) is 0 Å². The Balaban J connectivity index is 1.39. The molecular formula is C21H33N3O3. The molecule has 0 aliphatic carbocycles. The number of rotatable bonds is 4. The van der Waals surface area contributed by atoms with Crippen molar-refractivity contribution in [3.05, 3.63) is 24.2 Å². The normalized spacial score (nSPS) is 20.6. The lowest BCUT2D eigenvalue weighted by atomic mass is 9.91. The summed E-state index contributed by atoms with van der Waals surface area (Å²) >= 11 is 0. The van der Waals surface area contributed by atoms with E-state index in [0.717, 1.165) is 57.6 Å². The Morgan fingerprint density at radius 3 is 2.33 bits per heavy atom. The highest BCUT2D eigenvalue weighted by molar-refractivity contribution is 5.81. The summed E-state index contributed by atoms with van der Waals surface area (Å²) in [6.45, 7) is 10.1. The van der Waals surface area contributed by atoms with Gasteiger partial charge in [-0.25, -0.2) is 0 Å². The lowest BCUT2D eigenvalue weighted by Gasteiger charge is -2.42. The van der Waals surface area contributed by atoms with Crippen LogP contribution in [0.2, 0.25) is 0 Å². The quantitative estimate of drug-likeness (QED) is 0.879. The van der Waals surface area contributed by atoms with Crippen LogP contribution in [0.4, 0.5) is 0 Å². The number of amides is 2. The number of carbonyl (C=O) groups is 2. The maximum absolute atomic E-state index is 12.4. The van der Waals surface area contributed by atoms with Crippen molar-refractivity contribution in [2.24, 2.45) is 11.3 Å². The van der Waals surface area contributed by atoms with Crippen LogP contribution in [0, 0.1) is 11.3 Å². The molecule has 2 aliphatic heterocycles. The van der Waals surface area contributed by atoms with Crippen LogP contribution >= 0.6 is 0 Å². The Hall–Kier alpha value is -1.82. The van der Waals surface area contributed by atoms with E-state index in [1.54, 1.807) is 6.26 Å². The summed E-state index contributed by atoms with van der Waals surface area (Å²) in [5, 5.41) is 2.99. The molecule has 3 rings (SSSR count). The van der Waals surface area contributed by atoms with Gasteiger partial charge in [0.05, 0.1) is 12.8 Å². The zero-order valence-corrected chi connectivity index (χ0v) is 16.9. The Morgan fingerprint density at radius 2 is 1.78 bits per heavy atom. The van der Waals surface area contributed by atoms with E-state index < -0.39 is 0 Å². The Labute approximate surface area is 162 Å². The third kappa shape index (κ3) is 5.12. The molecule has 2 fully saturated rings. The van der Waals surface area contributed by atoms with Crippen molar-refractivity contribution in [2.75, 3.05) is 26.2 Å². The van der Waals surface area contributed by atoms with Gasteiger partial charge in [-0.2, -0.15) is 0 Å². The SMILES string of the molecule is CC(C)(C)C(=O)N1CCC(N2CCC(C(=O)NCc3ccco3)CC2)CC1. The van der Waals surface area contributed by atoms with Gasteiger partial charge < -0.3 is 19.5 Å². The molecule has 6 nitrogen and oxygen atoms in total.